The lowest BCUT2D eigenvalue weighted by atomic mass is 10.2. The monoisotopic (exact) mass is 251 g/mol. The molecular weight excluding hydrogens is 230 g/mol. The average molecular weight is 251 g/mol. The molecular formula is C13H21N3O2. The lowest BCUT2D eigenvalue weighted by Crippen LogP contribution is -2.27. The quantitative estimate of drug-likeness (QED) is 0.793. The Morgan fingerprint density at radius 1 is 1.33 bits per heavy atom. The van der Waals surface area contributed by atoms with Gasteiger partial charge in [-0.2, -0.15) is 0 Å². The van der Waals surface area contributed by atoms with E-state index in [9.17, 15) is 4.79 Å². The maximum Gasteiger partial charge on any atom is 0.412 e. The SMILES string of the molecule is CN(C)c1ccc(N)c(NC(=O)OC(C)(C)C)c1. The van der Waals surface area contributed by atoms with Gasteiger partial charge in [0.2, 0.25) is 0 Å². The van der Waals surface area contributed by atoms with Gasteiger partial charge >= 0.3 is 6.09 Å². The molecule has 1 aromatic carbocycles. The van der Waals surface area contributed by atoms with E-state index in [0.29, 0.717) is 11.4 Å². The number of hydrogen-bond donors (Lipinski definition) is 2. The van der Waals surface area contributed by atoms with Crippen molar-refractivity contribution in [2.45, 2.75) is 26.4 Å². The molecule has 0 atom stereocenters. The third-order valence-electron chi connectivity index (χ3n) is 2.19. The van der Waals surface area contributed by atoms with Gasteiger partial charge < -0.3 is 15.4 Å². The Hall–Kier alpha value is -1.91. The number of ether oxygens (including phenoxy) is 1. The number of nitrogen functional groups attached to an aromatic ring is 1. The van der Waals surface area contributed by atoms with Gasteiger partial charge in [-0.05, 0) is 39.0 Å². The fourth-order valence-electron chi connectivity index (χ4n) is 1.34. The fourth-order valence-corrected chi connectivity index (χ4v) is 1.34. The van der Waals surface area contributed by atoms with Crippen LogP contribution in [-0.2, 0) is 4.74 Å². The van der Waals surface area contributed by atoms with Crippen LogP contribution in [0.4, 0.5) is 21.9 Å². The summed E-state index contributed by atoms with van der Waals surface area (Å²) in [5.74, 6) is 0. The first-order chi connectivity index (χ1) is 8.19. The van der Waals surface area contributed by atoms with E-state index in [1.807, 2.05) is 45.8 Å². The van der Waals surface area contributed by atoms with Crippen LogP contribution in [-0.4, -0.2) is 25.8 Å². The van der Waals surface area contributed by atoms with Crippen LogP contribution < -0.4 is 16.0 Å². The zero-order valence-electron chi connectivity index (χ0n) is 11.6. The van der Waals surface area contributed by atoms with Gasteiger partial charge in [-0.3, -0.25) is 5.32 Å². The molecule has 0 aliphatic rings. The Morgan fingerprint density at radius 2 is 1.94 bits per heavy atom. The number of carbonyl (C=O) groups excluding carboxylic acids is 1. The van der Waals surface area contributed by atoms with Crippen molar-refractivity contribution in [2.75, 3.05) is 30.0 Å². The van der Waals surface area contributed by atoms with Crippen LogP contribution in [0.2, 0.25) is 0 Å². The zero-order chi connectivity index (χ0) is 13.9. The molecule has 0 aliphatic heterocycles. The third-order valence-corrected chi connectivity index (χ3v) is 2.19. The Labute approximate surface area is 108 Å². The second-order valence-electron chi connectivity index (χ2n) is 5.29. The molecule has 1 aromatic rings. The Balaban J connectivity index is 2.84. The first kappa shape index (κ1) is 14.2. The van der Waals surface area contributed by atoms with Crippen LogP contribution in [0.5, 0.6) is 0 Å². The molecule has 0 unspecified atom stereocenters. The summed E-state index contributed by atoms with van der Waals surface area (Å²) in [6, 6.07) is 5.44. The van der Waals surface area contributed by atoms with E-state index in [1.165, 1.54) is 0 Å². The van der Waals surface area contributed by atoms with Crippen molar-refractivity contribution in [2.24, 2.45) is 0 Å². The van der Waals surface area contributed by atoms with Crippen molar-refractivity contribution in [3.8, 4) is 0 Å². The minimum Gasteiger partial charge on any atom is -0.444 e. The van der Waals surface area contributed by atoms with E-state index < -0.39 is 11.7 Å². The first-order valence-corrected chi connectivity index (χ1v) is 5.76. The standard InChI is InChI=1S/C13H21N3O2/c1-13(2,3)18-12(17)15-11-8-9(16(4)5)6-7-10(11)14/h6-8H,14H2,1-5H3,(H,15,17). The van der Waals surface area contributed by atoms with Gasteiger partial charge in [0.25, 0.3) is 0 Å². The number of benzene rings is 1. The lowest BCUT2D eigenvalue weighted by molar-refractivity contribution is 0.0636. The van der Waals surface area contributed by atoms with Crippen LogP contribution >= 0.6 is 0 Å². The normalized spacial score (nSPS) is 10.9. The molecule has 1 rings (SSSR count). The van der Waals surface area contributed by atoms with E-state index in [-0.39, 0.29) is 0 Å². The van der Waals surface area contributed by atoms with E-state index >= 15 is 0 Å². The molecule has 5 nitrogen and oxygen atoms in total. The van der Waals surface area contributed by atoms with Crippen molar-refractivity contribution in [3.05, 3.63) is 18.2 Å². The van der Waals surface area contributed by atoms with E-state index in [1.54, 1.807) is 12.1 Å². The molecule has 0 aliphatic carbocycles. The second-order valence-corrected chi connectivity index (χ2v) is 5.29. The minimum atomic E-state index is -0.530. The number of nitrogens with zero attached hydrogens (tertiary/aromatic N) is 1. The second kappa shape index (κ2) is 5.16. The van der Waals surface area contributed by atoms with Crippen LogP contribution in [0.3, 0.4) is 0 Å². The summed E-state index contributed by atoms with van der Waals surface area (Å²) in [7, 11) is 3.84. The smallest absolute Gasteiger partial charge is 0.412 e. The molecule has 0 spiro atoms. The minimum absolute atomic E-state index is 0.506. The van der Waals surface area contributed by atoms with Crippen molar-refractivity contribution in [1.82, 2.24) is 0 Å². The van der Waals surface area contributed by atoms with Gasteiger partial charge in [0.15, 0.2) is 0 Å². The summed E-state index contributed by atoms with van der Waals surface area (Å²) in [6.45, 7) is 5.44. The number of carbonyl (C=O) groups is 1. The van der Waals surface area contributed by atoms with Gasteiger partial charge in [0, 0.05) is 19.8 Å². The highest BCUT2D eigenvalue weighted by Crippen LogP contribution is 2.25. The predicted molar refractivity (Wildman–Crippen MR) is 75.0 cm³/mol. The Bertz CT molecular complexity index is 436. The molecule has 0 aromatic heterocycles. The predicted octanol–water partition coefficient (Wildman–Crippen LogP) is 2.68. The molecule has 5 heteroatoms. The zero-order valence-corrected chi connectivity index (χ0v) is 11.6. The number of nitrogens with one attached hydrogen (secondary N) is 1. The maximum atomic E-state index is 11.7. The summed E-state index contributed by atoms with van der Waals surface area (Å²) in [6.07, 6.45) is -0.509. The van der Waals surface area contributed by atoms with Crippen LogP contribution in [0, 0.1) is 0 Å². The topological polar surface area (TPSA) is 67.6 Å². The molecule has 100 valence electrons. The maximum absolute atomic E-state index is 11.7. The highest BCUT2D eigenvalue weighted by molar-refractivity contribution is 5.90. The van der Waals surface area contributed by atoms with Crippen molar-refractivity contribution in [3.63, 3.8) is 0 Å². The van der Waals surface area contributed by atoms with Gasteiger partial charge in [-0.15, -0.1) is 0 Å². The lowest BCUT2D eigenvalue weighted by Gasteiger charge is -2.21. The van der Waals surface area contributed by atoms with Crippen LogP contribution in [0.15, 0.2) is 18.2 Å². The summed E-state index contributed by atoms with van der Waals surface area (Å²) in [5, 5.41) is 2.65. The first-order valence-electron chi connectivity index (χ1n) is 5.76. The molecule has 0 fully saturated rings. The average Bonchev–Trinajstić information content (AvgIpc) is 2.18. The van der Waals surface area contributed by atoms with Crippen molar-refractivity contribution >= 4 is 23.2 Å². The van der Waals surface area contributed by atoms with Gasteiger partial charge in [-0.1, -0.05) is 0 Å². The number of anilines is 3. The summed E-state index contributed by atoms with van der Waals surface area (Å²) < 4.78 is 5.18. The number of nitrogens with two attached hydrogens (primary N) is 1. The van der Waals surface area contributed by atoms with Crippen molar-refractivity contribution < 1.29 is 9.53 Å². The molecule has 3 N–H and O–H groups in total. The highest BCUT2D eigenvalue weighted by atomic mass is 16.6. The largest absolute Gasteiger partial charge is 0.444 e. The van der Waals surface area contributed by atoms with Gasteiger partial charge in [0.1, 0.15) is 5.60 Å². The molecule has 0 saturated heterocycles. The number of amides is 1. The fraction of sp³-hybridized carbons (Fsp3) is 0.462. The molecule has 18 heavy (non-hydrogen) atoms. The molecule has 0 heterocycles. The summed E-state index contributed by atoms with van der Waals surface area (Å²) in [5.41, 5.74) is 7.29. The third kappa shape index (κ3) is 4.16. The molecule has 1 amide bonds. The Kier molecular flexibility index (Phi) is 4.06. The molecule has 0 bridgehead atoms. The van der Waals surface area contributed by atoms with Crippen molar-refractivity contribution in [1.29, 1.82) is 0 Å². The summed E-state index contributed by atoms with van der Waals surface area (Å²) in [4.78, 5) is 13.6. The van der Waals surface area contributed by atoms with E-state index in [2.05, 4.69) is 5.32 Å². The Morgan fingerprint density at radius 3 is 2.44 bits per heavy atom. The van der Waals surface area contributed by atoms with E-state index in [0.717, 1.165) is 5.69 Å². The van der Waals surface area contributed by atoms with Gasteiger partial charge in [0.05, 0.1) is 11.4 Å². The molecule has 0 saturated carbocycles. The van der Waals surface area contributed by atoms with Crippen LogP contribution in [0.1, 0.15) is 20.8 Å². The van der Waals surface area contributed by atoms with E-state index in [4.69, 9.17) is 10.5 Å². The number of hydrogen-bond acceptors (Lipinski definition) is 4. The summed E-state index contributed by atoms with van der Waals surface area (Å²) >= 11 is 0. The van der Waals surface area contributed by atoms with Crippen LogP contribution in [0.25, 0.3) is 0 Å². The highest BCUT2D eigenvalue weighted by Gasteiger charge is 2.17. The molecule has 0 radical (unpaired) electrons. The van der Waals surface area contributed by atoms with Gasteiger partial charge in [-0.25, -0.2) is 4.79 Å². The number of rotatable bonds is 2.